The first-order valence-electron chi connectivity index (χ1n) is 6.52. The summed E-state index contributed by atoms with van der Waals surface area (Å²) in [5, 5.41) is 4.93. The molecule has 1 aromatic carbocycles. The third-order valence-corrected chi connectivity index (χ3v) is 3.80. The molecule has 3 amide bonds. The number of hydrogen-bond donors (Lipinski definition) is 2. The van der Waals surface area contributed by atoms with Crippen LogP contribution in [0.15, 0.2) is 29.2 Å². The van der Waals surface area contributed by atoms with Gasteiger partial charge in [-0.15, -0.1) is 11.8 Å². The fraction of sp³-hybridized carbons (Fsp3) is 0.357. The summed E-state index contributed by atoms with van der Waals surface area (Å²) < 4.78 is 4.95. The van der Waals surface area contributed by atoms with E-state index in [1.54, 1.807) is 12.1 Å². The molecular formula is C14H17ClN2O4S. The van der Waals surface area contributed by atoms with Gasteiger partial charge in [-0.2, -0.15) is 0 Å². The zero-order valence-corrected chi connectivity index (χ0v) is 13.8. The van der Waals surface area contributed by atoms with Gasteiger partial charge in [0.25, 0.3) is 5.91 Å². The number of esters is 1. The van der Waals surface area contributed by atoms with Gasteiger partial charge in [0.1, 0.15) is 0 Å². The zero-order chi connectivity index (χ0) is 16.5. The number of nitrogens with one attached hydrogen (secondary N) is 2. The highest BCUT2D eigenvalue weighted by Gasteiger charge is 2.19. The maximum atomic E-state index is 11.6. The van der Waals surface area contributed by atoms with E-state index >= 15 is 0 Å². The maximum Gasteiger partial charge on any atom is 0.321 e. The van der Waals surface area contributed by atoms with Crippen molar-refractivity contribution in [3.8, 4) is 0 Å². The molecule has 0 aliphatic carbocycles. The lowest BCUT2D eigenvalue weighted by Gasteiger charge is -2.12. The predicted molar refractivity (Wildman–Crippen MR) is 84.9 cm³/mol. The summed E-state index contributed by atoms with van der Waals surface area (Å²) in [5.74, 6) is -0.649. The molecule has 0 saturated carbocycles. The van der Waals surface area contributed by atoms with E-state index in [4.69, 9.17) is 16.3 Å². The van der Waals surface area contributed by atoms with Gasteiger partial charge in [0.15, 0.2) is 6.10 Å². The van der Waals surface area contributed by atoms with Crippen molar-refractivity contribution < 1.29 is 19.1 Å². The summed E-state index contributed by atoms with van der Waals surface area (Å²) in [5.41, 5.74) is 0. The number of benzene rings is 1. The van der Waals surface area contributed by atoms with Gasteiger partial charge in [0.05, 0.1) is 6.42 Å². The van der Waals surface area contributed by atoms with Gasteiger partial charge in [0.2, 0.25) is 0 Å². The fourth-order valence-electron chi connectivity index (χ4n) is 1.37. The minimum atomic E-state index is -1.02. The molecule has 1 atom stereocenters. The number of rotatable bonds is 6. The molecule has 0 aromatic heterocycles. The van der Waals surface area contributed by atoms with Gasteiger partial charge in [-0.1, -0.05) is 11.6 Å². The number of carbonyl (C=O) groups is 3. The van der Waals surface area contributed by atoms with Gasteiger partial charge in [-0.05, 0) is 31.2 Å². The Morgan fingerprint density at radius 2 is 1.91 bits per heavy atom. The molecule has 22 heavy (non-hydrogen) atoms. The summed E-state index contributed by atoms with van der Waals surface area (Å²) in [6, 6.07) is 6.61. The molecule has 0 saturated heterocycles. The first-order chi connectivity index (χ1) is 10.4. The van der Waals surface area contributed by atoms with Crippen LogP contribution in [0, 0.1) is 0 Å². The molecule has 1 rings (SSSR count). The number of urea groups is 1. The lowest BCUT2D eigenvalue weighted by molar-refractivity contribution is -0.154. The average molecular weight is 345 g/mol. The van der Waals surface area contributed by atoms with Crippen LogP contribution in [0.1, 0.15) is 13.3 Å². The third-order valence-electron chi connectivity index (χ3n) is 2.53. The van der Waals surface area contributed by atoms with Gasteiger partial charge < -0.3 is 10.1 Å². The van der Waals surface area contributed by atoms with Crippen LogP contribution < -0.4 is 10.6 Å². The fourth-order valence-corrected chi connectivity index (χ4v) is 2.33. The predicted octanol–water partition coefficient (Wildman–Crippen LogP) is 2.21. The zero-order valence-electron chi connectivity index (χ0n) is 12.2. The second-order valence-electron chi connectivity index (χ2n) is 4.25. The molecule has 1 aromatic rings. The maximum absolute atomic E-state index is 11.6. The molecule has 0 heterocycles. The molecule has 0 spiro atoms. The quantitative estimate of drug-likeness (QED) is 0.610. The van der Waals surface area contributed by atoms with Crippen molar-refractivity contribution >= 4 is 41.3 Å². The van der Waals surface area contributed by atoms with Crippen molar-refractivity contribution in [1.82, 2.24) is 10.6 Å². The number of ether oxygens (including phenoxy) is 1. The van der Waals surface area contributed by atoms with Crippen molar-refractivity contribution in [3.63, 3.8) is 0 Å². The van der Waals surface area contributed by atoms with Gasteiger partial charge in [-0.3, -0.25) is 14.9 Å². The van der Waals surface area contributed by atoms with Crippen molar-refractivity contribution in [2.45, 2.75) is 24.3 Å². The first kappa shape index (κ1) is 18.3. The number of hydrogen-bond acceptors (Lipinski definition) is 5. The molecular weight excluding hydrogens is 328 g/mol. The Hall–Kier alpha value is -1.73. The Balaban J connectivity index is 2.29. The Bertz CT molecular complexity index is 536. The third kappa shape index (κ3) is 6.82. The summed E-state index contributed by atoms with van der Waals surface area (Å²) >= 11 is 7.26. The number of imide groups is 1. The molecule has 120 valence electrons. The molecule has 0 aliphatic rings. The van der Waals surface area contributed by atoms with Crippen LogP contribution in [0.25, 0.3) is 0 Å². The van der Waals surface area contributed by atoms with Crippen molar-refractivity contribution in [2.24, 2.45) is 0 Å². The van der Waals surface area contributed by atoms with Crippen LogP contribution in [-0.2, 0) is 14.3 Å². The second kappa shape index (κ2) is 9.32. The average Bonchev–Trinajstić information content (AvgIpc) is 2.49. The standard InChI is InChI=1S/C14H17ClN2O4S/c1-9(13(19)17-14(20)16-2)21-12(18)7-8-22-11-5-3-10(15)4-6-11/h3-6,9H,7-8H2,1-2H3,(H2,16,17,19,20)/t9-/m0/s1. The van der Waals surface area contributed by atoms with Crippen molar-refractivity contribution in [3.05, 3.63) is 29.3 Å². The van der Waals surface area contributed by atoms with E-state index in [2.05, 4.69) is 5.32 Å². The Kier molecular flexibility index (Phi) is 7.76. The molecule has 0 radical (unpaired) electrons. The topological polar surface area (TPSA) is 84.5 Å². The molecule has 0 fully saturated rings. The normalized spacial score (nSPS) is 11.4. The summed E-state index contributed by atoms with van der Waals surface area (Å²) in [4.78, 5) is 35.1. The smallest absolute Gasteiger partial charge is 0.321 e. The number of thioether (sulfide) groups is 1. The number of carbonyl (C=O) groups excluding carboxylic acids is 3. The van der Waals surface area contributed by atoms with E-state index in [0.717, 1.165) is 4.90 Å². The number of halogens is 1. The SMILES string of the molecule is CNC(=O)NC(=O)[C@H](C)OC(=O)CCSc1ccc(Cl)cc1. The van der Waals surface area contributed by atoms with E-state index in [9.17, 15) is 14.4 Å². The van der Waals surface area contributed by atoms with Gasteiger partial charge >= 0.3 is 12.0 Å². The Morgan fingerprint density at radius 1 is 1.27 bits per heavy atom. The van der Waals surface area contributed by atoms with Crippen LogP contribution in [0.3, 0.4) is 0 Å². The Labute approximate surface area is 137 Å². The second-order valence-corrected chi connectivity index (χ2v) is 5.86. The Morgan fingerprint density at radius 3 is 2.50 bits per heavy atom. The molecule has 8 heteroatoms. The van der Waals surface area contributed by atoms with E-state index in [1.165, 1.54) is 25.7 Å². The van der Waals surface area contributed by atoms with Crippen molar-refractivity contribution in [1.29, 1.82) is 0 Å². The highest BCUT2D eigenvalue weighted by Crippen LogP contribution is 2.21. The molecule has 0 unspecified atom stereocenters. The molecule has 6 nitrogen and oxygen atoms in total. The largest absolute Gasteiger partial charge is 0.453 e. The van der Waals surface area contributed by atoms with E-state index in [0.29, 0.717) is 10.8 Å². The lowest BCUT2D eigenvalue weighted by Crippen LogP contribution is -2.43. The minimum Gasteiger partial charge on any atom is -0.453 e. The van der Waals surface area contributed by atoms with Crippen LogP contribution in [-0.4, -0.2) is 36.8 Å². The van der Waals surface area contributed by atoms with Crippen LogP contribution in [0.2, 0.25) is 5.02 Å². The van der Waals surface area contributed by atoms with E-state index < -0.39 is 24.0 Å². The van der Waals surface area contributed by atoms with Gasteiger partial charge in [-0.25, -0.2) is 4.79 Å². The molecule has 0 aliphatic heterocycles. The number of amides is 3. The van der Waals surface area contributed by atoms with Crippen LogP contribution in [0.5, 0.6) is 0 Å². The minimum absolute atomic E-state index is 0.158. The van der Waals surface area contributed by atoms with Gasteiger partial charge in [0, 0.05) is 22.7 Å². The van der Waals surface area contributed by atoms with E-state index in [1.807, 2.05) is 17.4 Å². The van der Waals surface area contributed by atoms with Crippen LogP contribution >= 0.6 is 23.4 Å². The van der Waals surface area contributed by atoms with Crippen molar-refractivity contribution in [2.75, 3.05) is 12.8 Å². The highest BCUT2D eigenvalue weighted by molar-refractivity contribution is 7.99. The lowest BCUT2D eigenvalue weighted by atomic mass is 10.3. The molecule has 2 N–H and O–H groups in total. The summed E-state index contributed by atoms with van der Waals surface area (Å²) in [6.07, 6.45) is -0.865. The summed E-state index contributed by atoms with van der Waals surface area (Å²) in [7, 11) is 1.38. The van der Waals surface area contributed by atoms with E-state index in [-0.39, 0.29) is 6.42 Å². The first-order valence-corrected chi connectivity index (χ1v) is 7.89. The summed E-state index contributed by atoms with van der Waals surface area (Å²) in [6.45, 7) is 1.41. The highest BCUT2D eigenvalue weighted by atomic mass is 35.5. The monoisotopic (exact) mass is 344 g/mol. The van der Waals surface area contributed by atoms with Crippen LogP contribution in [0.4, 0.5) is 4.79 Å². The molecule has 0 bridgehead atoms.